The number of pyridine rings is 1. The van der Waals surface area contributed by atoms with Crippen molar-refractivity contribution in [3.8, 4) is 0 Å². The summed E-state index contributed by atoms with van der Waals surface area (Å²) in [7, 11) is 2.03. The van der Waals surface area contributed by atoms with E-state index in [-0.39, 0.29) is 29.9 Å². The van der Waals surface area contributed by atoms with Crippen molar-refractivity contribution < 1.29 is 9.18 Å². The summed E-state index contributed by atoms with van der Waals surface area (Å²) in [4.78, 5) is 31.2. The van der Waals surface area contributed by atoms with Crippen LogP contribution < -0.4 is 5.73 Å². The molecule has 10 heteroatoms. The molecule has 1 unspecified atom stereocenters. The predicted molar refractivity (Wildman–Crippen MR) is 131 cm³/mol. The number of nitrogens with two attached hydrogens (primary N) is 1. The summed E-state index contributed by atoms with van der Waals surface area (Å²) >= 11 is 0. The number of halogens is 1. The van der Waals surface area contributed by atoms with Gasteiger partial charge in [0, 0.05) is 37.2 Å². The largest absolute Gasteiger partial charge is 0.381 e. The zero-order valence-corrected chi connectivity index (χ0v) is 19.5. The highest BCUT2D eigenvalue weighted by Gasteiger charge is 2.32. The number of likely N-dealkylation sites (N-methyl/N-ethyl adjacent to an activating group) is 1. The number of carbonyl (C=O) groups excluding carboxylic acids is 1. The molecule has 0 bridgehead atoms. The van der Waals surface area contributed by atoms with Gasteiger partial charge in [0.15, 0.2) is 11.5 Å². The second kappa shape index (κ2) is 8.02. The first kappa shape index (κ1) is 21.5. The number of anilines is 1. The van der Waals surface area contributed by atoms with Gasteiger partial charge in [0.2, 0.25) is 0 Å². The Morgan fingerprint density at radius 1 is 1.23 bits per heavy atom. The van der Waals surface area contributed by atoms with Crippen LogP contribution in [0.15, 0.2) is 48.9 Å². The fourth-order valence-corrected chi connectivity index (χ4v) is 4.97. The number of nitrogens with zero attached hydrogens (tertiary/aromatic N) is 7. The third-order valence-corrected chi connectivity index (χ3v) is 6.66. The van der Waals surface area contributed by atoms with Crippen LogP contribution >= 0.6 is 0 Å². The Labute approximate surface area is 200 Å². The molecule has 35 heavy (non-hydrogen) atoms. The lowest BCUT2D eigenvalue weighted by molar-refractivity contribution is 0.0660. The Balaban J connectivity index is 1.44. The van der Waals surface area contributed by atoms with Gasteiger partial charge in [0.05, 0.1) is 34.5 Å². The molecular weight excluding hydrogens is 447 g/mol. The van der Waals surface area contributed by atoms with Gasteiger partial charge in [-0.25, -0.2) is 19.3 Å². The first-order valence-electron chi connectivity index (χ1n) is 11.5. The number of hydrogen-bond donors (Lipinski definition) is 1. The van der Waals surface area contributed by atoms with E-state index in [0.29, 0.717) is 16.7 Å². The van der Waals surface area contributed by atoms with Crippen LogP contribution in [0.25, 0.3) is 22.3 Å². The van der Waals surface area contributed by atoms with Gasteiger partial charge in [0.25, 0.3) is 5.91 Å². The molecule has 1 aliphatic rings. The minimum absolute atomic E-state index is 0.00459. The number of imidazole rings is 2. The number of hydrogen-bond acceptors (Lipinski definition) is 6. The molecule has 1 aliphatic heterocycles. The number of aryl methyl sites for hydroxylation is 1. The average molecular weight is 473 g/mol. The molecule has 1 fully saturated rings. The SMILES string of the molecule is Cc1cn2c(n1)c(N)nc1cc(F)c(C(=O)N(Cc3cn4ccccc4n3)C3CCN(C)C3)cc12. The van der Waals surface area contributed by atoms with Gasteiger partial charge in [-0.15, -0.1) is 0 Å². The highest BCUT2D eigenvalue weighted by Crippen LogP contribution is 2.26. The maximum absolute atomic E-state index is 15.4. The van der Waals surface area contributed by atoms with Gasteiger partial charge in [-0.05, 0) is 45.1 Å². The molecule has 6 rings (SSSR count). The van der Waals surface area contributed by atoms with Crippen LogP contribution in [-0.4, -0.2) is 65.6 Å². The molecule has 5 aromatic rings. The maximum atomic E-state index is 15.4. The van der Waals surface area contributed by atoms with Crippen molar-refractivity contribution in [3.05, 3.63) is 71.7 Å². The van der Waals surface area contributed by atoms with E-state index in [1.54, 1.807) is 15.4 Å². The zero-order chi connectivity index (χ0) is 24.3. The van der Waals surface area contributed by atoms with Crippen LogP contribution in [0.4, 0.5) is 10.2 Å². The van der Waals surface area contributed by atoms with Crippen LogP contribution in [0.2, 0.25) is 0 Å². The normalized spacial score (nSPS) is 16.6. The third-order valence-electron chi connectivity index (χ3n) is 6.66. The van der Waals surface area contributed by atoms with Gasteiger partial charge in [-0.3, -0.25) is 9.20 Å². The number of carbonyl (C=O) groups is 1. The molecule has 0 saturated carbocycles. The number of likely N-dealkylation sites (tertiary alicyclic amines) is 1. The van der Waals surface area contributed by atoms with Crippen LogP contribution in [0.3, 0.4) is 0 Å². The number of benzene rings is 1. The van der Waals surface area contributed by atoms with Gasteiger partial charge in [-0.2, -0.15) is 0 Å². The predicted octanol–water partition coefficient (Wildman–Crippen LogP) is 2.91. The van der Waals surface area contributed by atoms with E-state index in [1.807, 2.05) is 55.2 Å². The lowest BCUT2D eigenvalue weighted by Gasteiger charge is -2.28. The molecule has 5 heterocycles. The van der Waals surface area contributed by atoms with Gasteiger partial charge in [0.1, 0.15) is 11.5 Å². The Kier molecular flexibility index (Phi) is 4.92. The summed E-state index contributed by atoms with van der Waals surface area (Å²) < 4.78 is 19.0. The molecule has 9 nitrogen and oxygen atoms in total. The van der Waals surface area contributed by atoms with E-state index in [4.69, 9.17) is 5.73 Å². The van der Waals surface area contributed by atoms with Gasteiger partial charge < -0.3 is 19.9 Å². The fraction of sp³-hybridized carbons (Fsp3) is 0.280. The Bertz CT molecular complexity index is 1570. The van der Waals surface area contributed by atoms with Crippen LogP contribution in [0.1, 0.15) is 28.2 Å². The van der Waals surface area contributed by atoms with E-state index in [9.17, 15) is 4.79 Å². The van der Waals surface area contributed by atoms with Crippen molar-refractivity contribution in [2.75, 3.05) is 25.9 Å². The lowest BCUT2D eigenvalue weighted by Crippen LogP contribution is -2.41. The molecule has 2 N–H and O–H groups in total. The molecule has 1 amide bonds. The smallest absolute Gasteiger partial charge is 0.257 e. The third kappa shape index (κ3) is 3.66. The van der Waals surface area contributed by atoms with Crippen LogP contribution in [0, 0.1) is 12.7 Å². The highest BCUT2D eigenvalue weighted by molar-refractivity contribution is 5.98. The summed E-state index contributed by atoms with van der Waals surface area (Å²) in [5, 5.41) is 0. The molecule has 1 atom stereocenters. The summed E-state index contributed by atoms with van der Waals surface area (Å²) in [6, 6.07) is 8.55. The van der Waals surface area contributed by atoms with Crippen molar-refractivity contribution in [3.63, 3.8) is 0 Å². The second-order valence-corrected chi connectivity index (χ2v) is 9.23. The molecule has 4 aromatic heterocycles. The molecule has 0 radical (unpaired) electrons. The van der Waals surface area contributed by atoms with Gasteiger partial charge >= 0.3 is 0 Å². The van der Waals surface area contributed by atoms with E-state index in [0.717, 1.165) is 36.5 Å². The van der Waals surface area contributed by atoms with Crippen LogP contribution in [-0.2, 0) is 6.54 Å². The second-order valence-electron chi connectivity index (χ2n) is 9.23. The number of amides is 1. The summed E-state index contributed by atoms with van der Waals surface area (Å²) in [6.45, 7) is 3.73. The molecular formula is C25H25FN8O. The van der Waals surface area contributed by atoms with Crippen molar-refractivity contribution in [1.82, 2.24) is 33.6 Å². The van der Waals surface area contributed by atoms with Crippen molar-refractivity contribution in [1.29, 1.82) is 0 Å². The zero-order valence-electron chi connectivity index (χ0n) is 19.5. The number of rotatable bonds is 4. The van der Waals surface area contributed by atoms with Crippen molar-refractivity contribution in [2.45, 2.75) is 25.9 Å². The standard InChI is InChI=1S/C25H25FN8O/c1-15-11-34-21-9-18(19(26)10-20(21)30-23(27)24(34)28-15)25(35)33(17-6-8-31(2)14-17)13-16-12-32-7-4-3-5-22(32)29-16/h3-5,7,9-12,17H,6,8,13-14H2,1-2H3,(H2,27,30). The summed E-state index contributed by atoms with van der Waals surface area (Å²) in [6.07, 6.45) is 6.45. The molecule has 178 valence electrons. The van der Waals surface area contributed by atoms with Gasteiger partial charge in [-0.1, -0.05) is 6.07 Å². The number of nitrogen functional groups attached to an aromatic ring is 1. The number of aromatic nitrogens is 5. The molecule has 1 aromatic carbocycles. The molecule has 1 saturated heterocycles. The maximum Gasteiger partial charge on any atom is 0.257 e. The molecule has 0 spiro atoms. The van der Waals surface area contributed by atoms with E-state index < -0.39 is 5.82 Å². The van der Waals surface area contributed by atoms with Crippen LogP contribution in [0.5, 0.6) is 0 Å². The lowest BCUT2D eigenvalue weighted by atomic mass is 10.1. The molecule has 0 aliphatic carbocycles. The van der Waals surface area contributed by atoms with E-state index in [1.165, 1.54) is 6.07 Å². The summed E-state index contributed by atoms with van der Waals surface area (Å²) in [5.74, 6) is -0.785. The minimum atomic E-state index is -0.628. The highest BCUT2D eigenvalue weighted by atomic mass is 19.1. The summed E-state index contributed by atoms with van der Waals surface area (Å²) in [5.41, 5.74) is 9.78. The Morgan fingerprint density at radius 2 is 2.09 bits per heavy atom. The van der Waals surface area contributed by atoms with Crippen molar-refractivity contribution in [2.24, 2.45) is 0 Å². The van der Waals surface area contributed by atoms with E-state index in [2.05, 4.69) is 19.9 Å². The fourth-order valence-electron chi connectivity index (χ4n) is 4.97. The van der Waals surface area contributed by atoms with E-state index >= 15 is 4.39 Å². The Morgan fingerprint density at radius 3 is 2.86 bits per heavy atom. The average Bonchev–Trinajstić information content (AvgIpc) is 3.54. The first-order chi connectivity index (χ1) is 16.9. The minimum Gasteiger partial charge on any atom is -0.381 e. The number of fused-ring (bicyclic) bond motifs is 4. The first-order valence-corrected chi connectivity index (χ1v) is 11.5. The monoisotopic (exact) mass is 472 g/mol. The quantitative estimate of drug-likeness (QED) is 0.432. The van der Waals surface area contributed by atoms with Crippen molar-refractivity contribution >= 4 is 34.1 Å². The Hall–Kier alpha value is -4.05. The topological polar surface area (TPSA) is 97.1 Å².